The lowest BCUT2D eigenvalue weighted by Gasteiger charge is -2.23. The third-order valence-corrected chi connectivity index (χ3v) is 5.49. The fourth-order valence-electron chi connectivity index (χ4n) is 3.70. The first-order valence-corrected chi connectivity index (χ1v) is 10.1. The van der Waals surface area contributed by atoms with Crippen molar-refractivity contribution in [2.75, 3.05) is 6.61 Å². The van der Waals surface area contributed by atoms with Crippen LogP contribution in [0.15, 0.2) is 82.4 Å². The number of ether oxygens (including phenoxy) is 1. The fraction of sp³-hybridized carbons (Fsp3) is 0.217. The zero-order valence-electron chi connectivity index (χ0n) is 17.4. The van der Waals surface area contributed by atoms with E-state index in [1.807, 2.05) is 30.3 Å². The number of amides is 2. The van der Waals surface area contributed by atoms with Gasteiger partial charge in [-0.15, -0.1) is 0 Å². The summed E-state index contributed by atoms with van der Waals surface area (Å²) < 4.78 is 7.11. The molecule has 1 N–H and O–H groups in total. The number of H-pyrrole nitrogens is 1. The van der Waals surface area contributed by atoms with E-state index in [1.54, 1.807) is 37.3 Å². The molecule has 2 atom stereocenters. The van der Waals surface area contributed by atoms with Crippen molar-refractivity contribution in [2.24, 2.45) is 0 Å². The Labute approximate surface area is 183 Å². The number of nitrogens with zero attached hydrogens (tertiary/aromatic N) is 3. The second kappa shape index (κ2) is 8.54. The summed E-state index contributed by atoms with van der Waals surface area (Å²) in [5, 5.41) is 2.46. The number of rotatable bonds is 6. The third kappa shape index (κ3) is 3.80. The fourth-order valence-corrected chi connectivity index (χ4v) is 3.70. The number of aromatic amines is 1. The Hall–Kier alpha value is -4.14. The van der Waals surface area contributed by atoms with Crippen LogP contribution in [0.2, 0.25) is 0 Å². The molecule has 2 heterocycles. The number of para-hydroxylation sites is 1. The van der Waals surface area contributed by atoms with Crippen molar-refractivity contribution in [3.05, 3.63) is 99.3 Å². The number of cyclic esters (lactones) is 1. The standard InChI is InChI=1S/C23H22N4O5/c1-15(16(2)27-22(30)26(21(29)24-27)18-11-7-4-8-12-18)20(28)25-19(14-32-23(25)31)13-17-9-5-3-6-10-17/h3-12,16,19H,1,13-14H2,2H3,(H,24,29)/t16?,19-/m0/s1. The first-order valence-electron chi connectivity index (χ1n) is 10.1. The first-order chi connectivity index (χ1) is 15.4. The van der Waals surface area contributed by atoms with E-state index < -0.39 is 35.5 Å². The molecule has 9 nitrogen and oxygen atoms in total. The molecule has 1 aromatic heterocycles. The van der Waals surface area contributed by atoms with E-state index in [1.165, 1.54) is 0 Å². The van der Waals surface area contributed by atoms with Gasteiger partial charge >= 0.3 is 17.5 Å². The van der Waals surface area contributed by atoms with Crippen molar-refractivity contribution >= 4 is 12.0 Å². The van der Waals surface area contributed by atoms with Crippen LogP contribution in [0.5, 0.6) is 0 Å². The van der Waals surface area contributed by atoms with Gasteiger partial charge in [0, 0.05) is 5.57 Å². The Morgan fingerprint density at radius 2 is 1.72 bits per heavy atom. The highest BCUT2D eigenvalue weighted by molar-refractivity contribution is 6.03. The minimum absolute atomic E-state index is 0.0227. The van der Waals surface area contributed by atoms with E-state index in [0.717, 1.165) is 19.7 Å². The van der Waals surface area contributed by atoms with Crippen molar-refractivity contribution in [3.63, 3.8) is 0 Å². The van der Waals surface area contributed by atoms with Crippen LogP contribution in [-0.2, 0) is 16.0 Å². The van der Waals surface area contributed by atoms with Crippen molar-refractivity contribution < 1.29 is 14.3 Å². The quantitative estimate of drug-likeness (QED) is 0.598. The maximum Gasteiger partial charge on any atom is 0.417 e. The van der Waals surface area contributed by atoms with Gasteiger partial charge in [0.15, 0.2) is 0 Å². The zero-order chi connectivity index (χ0) is 22.8. The molecule has 1 aliphatic heterocycles. The molecule has 2 aromatic carbocycles. The van der Waals surface area contributed by atoms with Gasteiger partial charge in [-0.3, -0.25) is 4.79 Å². The molecule has 9 heteroatoms. The maximum atomic E-state index is 13.2. The molecule has 2 amide bonds. The average molecular weight is 434 g/mol. The van der Waals surface area contributed by atoms with Crippen LogP contribution in [0.4, 0.5) is 4.79 Å². The monoisotopic (exact) mass is 434 g/mol. The molecule has 3 aromatic rings. The molecular weight excluding hydrogens is 412 g/mol. The van der Waals surface area contributed by atoms with Crippen molar-refractivity contribution in [2.45, 2.75) is 25.4 Å². The normalized spacial score (nSPS) is 16.6. The summed E-state index contributed by atoms with van der Waals surface area (Å²) >= 11 is 0. The van der Waals surface area contributed by atoms with E-state index >= 15 is 0 Å². The van der Waals surface area contributed by atoms with E-state index in [0.29, 0.717) is 12.1 Å². The highest BCUT2D eigenvalue weighted by Crippen LogP contribution is 2.23. The highest BCUT2D eigenvalue weighted by atomic mass is 16.6. The summed E-state index contributed by atoms with van der Waals surface area (Å²) in [6.45, 7) is 5.44. The smallest absolute Gasteiger partial charge is 0.417 e. The Bertz CT molecular complexity index is 1270. The molecule has 32 heavy (non-hydrogen) atoms. The number of nitrogens with one attached hydrogen (secondary N) is 1. The van der Waals surface area contributed by atoms with Crippen LogP contribution in [0.1, 0.15) is 18.5 Å². The Kier molecular flexibility index (Phi) is 5.63. The minimum Gasteiger partial charge on any atom is -0.447 e. The number of hydrogen-bond acceptors (Lipinski definition) is 5. The zero-order valence-corrected chi connectivity index (χ0v) is 17.4. The topological polar surface area (TPSA) is 106 Å². The second-order valence-corrected chi connectivity index (χ2v) is 7.54. The van der Waals surface area contributed by atoms with Gasteiger partial charge in [0.05, 0.1) is 17.8 Å². The predicted molar refractivity (Wildman–Crippen MR) is 117 cm³/mol. The summed E-state index contributed by atoms with van der Waals surface area (Å²) in [7, 11) is 0. The van der Waals surface area contributed by atoms with Gasteiger partial charge in [0.1, 0.15) is 6.61 Å². The Morgan fingerprint density at radius 1 is 1.09 bits per heavy atom. The summed E-state index contributed by atoms with van der Waals surface area (Å²) in [5.74, 6) is -0.652. The van der Waals surface area contributed by atoms with Crippen LogP contribution in [-0.4, -0.2) is 43.9 Å². The van der Waals surface area contributed by atoms with Gasteiger partial charge in [0.2, 0.25) is 0 Å². The van der Waals surface area contributed by atoms with E-state index in [4.69, 9.17) is 4.74 Å². The molecule has 0 saturated carbocycles. The van der Waals surface area contributed by atoms with Gasteiger partial charge in [-0.1, -0.05) is 55.1 Å². The van der Waals surface area contributed by atoms with Gasteiger partial charge in [-0.25, -0.2) is 33.6 Å². The molecule has 0 spiro atoms. The third-order valence-electron chi connectivity index (χ3n) is 5.49. The largest absolute Gasteiger partial charge is 0.447 e. The van der Waals surface area contributed by atoms with Gasteiger partial charge in [0.25, 0.3) is 5.91 Å². The average Bonchev–Trinajstić information content (AvgIpc) is 3.31. The van der Waals surface area contributed by atoms with Gasteiger partial charge < -0.3 is 4.74 Å². The second-order valence-electron chi connectivity index (χ2n) is 7.54. The predicted octanol–water partition coefficient (Wildman–Crippen LogP) is 2.03. The lowest BCUT2D eigenvalue weighted by molar-refractivity contribution is -0.125. The van der Waals surface area contributed by atoms with Crippen LogP contribution < -0.4 is 11.4 Å². The number of imide groups is 1. The number of carbonyl (C=O) groups is 2. The van der Waals surface area contributed by atoms with Gasteiger partial charge in [-0.05, 0) is 31.0 Å². The van der Waals surface area contributed by atoms with Crippen LogP contribution >= 0.6 is 0 Å². The van der Waals surface area contributed by atoms with Crippen molar-refractivity contribution in [1.29, 1.82) is 0 Å². The molecule has 1 fully saturated rings. The molecule has 4 rings (SSSR count). The molecule has 1 saturated heterocycles. The molecule has 164 valence electrons. The minimum atomic E-state index is -0.890. The van der Waals surface area contributed by atoms with Gasteiger partial charge in [-0.2, -0.15) is 0 Å². The van der Waals surface area contributed by atoms with Crippen molar-refractivity contribution in [3.8, 4) is 5.69 Å². The molecule has 1 aliphatic rings. The SMILES string of the molecule is C=C(C(=O)N1C(=O)OC[C@@H]1Cc1ccccc1)C(C)n1[nH]c(=O)n(-c2ccccc2)c1=O. The number of hydrogen-bond donors (Lipinski definition) is 1. The maximum absolute atomic E-state index is 13.2. The lowest BCUT2D eigenvalue weighted by Crippen LogP contribution is -2.42. The number of aromatic nitrogens is 3. The van der Waals surface area contributed by atoms with Crippen LogP contribution in [0.3, 0.4) is 0 Å². The summed E-state index contributed by atoms with van der Waals surface area (Å²) in [5.41, 5.74) is 0.0363. The van der Waals surface area contributed by atoms with Crippen molar-refractivity contribution in [1.82, 2.24) is 19.2 Å². The first kappa shape index (κ1) is 21.1. The summed E-state index contributed by atoms with van der Waals surface area (Å²) in [6.07, 6.45) is -0.326. The molecule has 1 unspecified atom stereocenters. The Balaban J connectivity index is 1.59. The molecule has 0 aliphatic carbocycles. The van der Waals surface area contributed by atoms with E-state index in [9.17, 15) is 19.2 Å². The van der Waals surface area contributed by atoms with Crippen LogP contribution in [0.25, 0.3) is 5.69 Å². The number of carbonyl (C=O) groups excluding carboxylic acids is 2. The molecule has 0 bridgehead atoms. The molecular formula is C23H22N4O5. The summed E-state index contributed by atoms with van der Waals surface area (Å²) in [6, 6.07) is 16.5. The molecule has 0 radical (unpaired) electrons. The van der Waals surface area contributed by atoms with Crippen LogP contribution in [0, 0.1) is 0 Å². The Morgan fingerprint density at radius 3 is 2.38 bits per heavy atom. The van der Waals surface area contributed by atoms with E-state index in [2.05, 4.69) is 11.7 Å². The number of benzene rings is 2. The summed E-state index contributed by atoms with van der Waals surface area (Å²) in [4.78, 5) is 51.8. The van der Waals surface area contributed by atoms with E-state index in [-0.39, 0.29) is 12.2 Å². The lowest BCUT2D eigenvalue weighted by atomic mass is 10.0. The highest BCUT2D eigenvalue weighted by Gasteiger charge is 2.40.